The van der Waals surface area contributed by atoms with E-state index in [2.05, 4.69) is 0 Å². The molecule has 1 N–H and O–H groups in total. The van der Waals surface area contributed by atoms with Crippen LogP contribution in [-0.2, 0) is 9.59 Å². The number of carbonyl (C=O) groups excluding carboxylic acids is 1. The van der Waals surface area contributed by atoms with Gasteiger partial charge in [-0.05, 0) is 36.6 Å². The van der Waals surface area contributed by atoms with E-state index in [0.29, 0.717) is 15.6 Å². The van der Waals surface area contributed by atoms with Gasteiger partial charge in [0.2, 0.25) is 5.91 Å². The van der Waals surface area contributed by atoms with Gasteiger partial charge in [0.1, 0.15) is 0 Å². The van der Waals surface area contributed by atoms with E-state index in [9.17, 15) is 14.7 Å². The largest absolute Gasteiger partial charge is 0.479 e. The number of likely N-dealkylation sites (N-methyl/N-ethyl adjacent to an activating group) is 1. The summed E-state index contributed by atoms with van der Waals surface area (Å²) >= 11 is 11.8. The number of hydrogen-bond donors (Lipinski definition) is 1. The van der Waals surface area contributed by atoms with E-state index in [1.165, 1.54) is 30.1 Å². The van der Waals surface area contributed by atoms with Crippen molar-refractivity contribution in [2.24, 2.45) is 5.92 Å². The molecule has 1 aliphatic carbocycles. The minimum Gasteiger partial charge on any atom is -0.479 e. The van der Waals surface area contributed by atoms with Gasteiger partial charge in [-0.15, -0.1) is 0 Å². The number of carboxylic acids is 1. The Morgan fingerprint density at radius 2 is 1.79 bits per heavy atom. The van der Waals surface area contributed by atoms with Crippen LogP contribution in [0.5, 0.6) is 0 Å². The minimum absolute atomic E-state index is 0.0403. The number of hydrogen-bond acceptors (Lipinski definition) is 2. The molecule has 0 spiro atoms. The lowest BCUT2D eigenvalue weighted by Crippen LogP contribution is -2.36. The second-order valence-corrected chi connectivity index (χ2v) is 5.54. The van der Waals surface area contributed by atoms with Gasteiger partial charge in [-0.1, -0.05) is 23.2 Å². The van der Waals surface area contributed by atoms with Crippen LogP contribution in [0.2, 0.25) is 10.0 Å². The summed E-state index contributed by atoms with van der Waals surface area (Å²) in [7, 11) is 1.49. The predicted octanol–water partition coefficient (Wildman–Crippen LogP) is 2.99. The van der Waals surface area contributed by atoms with Gasteiger partial charge in [0.25, 0.3) is 0 Å². The van der Waals surface area contributed by atoms with E-state index in [1.54, 1.807) is 0 Å². The highest BCUT2D eigenvalue weighted by atomic mass is 35.5. The summed E-state index contributed by atoms with van der Waals surface area (Å²) in [6.45, 7) is 0. The molecule has 1 unspecified atom stereocenters. The monoisotopic (exact) mass is 301 g/mol. The smallest absolute Gasteiger partial charge is 0.331 e. The fourth-order valence-corrected chi connectivity index (χ4v) is 2.55. The first-order valence-electron chi connectivity index (χ1n) is 5.85. The SMILES string of the molecule is CN(C(=O)C1CC1)C(C(=O)O)c1cc(Cl)cc(Cl)c1. The van der Waals surface area contributed by atoms with Crippen LogP contribution in [0, 0.1) is 5.92 Å². The normalized spacial score (nSPS) is 15.9. The summed E-state index contributed by atoms with van der Waals surface area (Å²) in [4.78, 5) is 24.7. The molecule has 0 saturated heterocycles. The molecule has 1 aromatic carbocycles. The van der Waals surface area contributed by atoms with Crippen molar-refractivity contribution >= 4 is 35.1 Å². The van der Waals surface area contributed by atoms with E-state index < -0.39 is 12.0 Å². The molecule has 0 aromatic heterocycles. The molecule has 19 heavy (non-hydrogen) atoms. The van der Waals surface area contributed by atoms with Crippen LogP contribution in [0.1, 0.15) is 24.4 Å². The van der Waals surface area contributed by atoms with E-state index in [1.807, 2.05) is 0 Å². The summed E-state index contributed by atoms with van der Waals surface area (Å²) in [5, 5.41) is 10.0. The molecule has 0 heterocycles. The summed E-state index contributed by atoms with van der Waals surface area (Å²) in [6.07, 6.45) is 1.65. The Balaban J connectivity index is 2.33. The molecule has 2 rings (SSSR count). The van der Waals surface area contributed by atoms with Gasteiger partial charge in [-0.25, -0.2) is 4.79 Å². The first kappa shape index (κ1) is 14.2. The van der Waals surface area contributed by atoms with Crippen molar-refractivity contribution in [2.45, 2.75) is 18.9 Å². The van der Waals surface area contributed by atoms with Crippen LogP contribution in [0.3, 0.4) is 0 Å². The van der Waals surface area contributed by atoms with Crippen LogP contribution in [0.25, 0.3) is 0 Å². The summed E-state index contributed by atoms with van der Waals surface area (Å²) in [6, 6.07) is 3.49. The number of nitrogens with zero attached hydrogens (tertiary/aromatic N) is 1. The lowest BCUT2D eigenvalue weighted by Gasteiger charge is -2.25. The highest BCUT2D eigenvalue weighted by Gasteiger charge is 2.37. The fourth-order valence-electron chi connectivity index (χ4n) is 2.01. The zero-order chi connectivity index (χ0) is 14.2. The molecule has 0 bridgehead atoms. The second-order valence-electron chi connectivity index (χ2n) is 4.67. The third-order valence-electron chi connectivity index (χ3n) is 3.10. The molecular formula is C13H13Cl2NO3. The molecule has 1 atom stereocenters. The Bertz CT molecular complexity index is 508. The van der Waals surface area contributed by atoms with Crippen molar-refractivity contribution in [1.29, 1.82) is 0 Å². The van der Waals surface area contributed by atoms with Gasteiger partial charge in [0.15, 0.2) is 6.04 Å². The Labute approximate surface area is 120 Å². The number of halogens is 2. The summed E-state index contributed by atoms with van der Waals surface area (Å²) in [5.74, 6) is -1.29. The van der Waals surface area contributed by atoms with Crippen LogP contribution >= 0.6 is 23.2 Å². The summed E-state index contributed by atoms with van der Waals surface area (Å²) < 4.78 is 0. The Kier molecular flexibility index (Phi) is 4.02. The van der Waals surface area contributed by atoms with E-state index >= 15 is 0 Å². The Hall–Kier alpha value is -1.26. The average Bonchev–Trinajstić information content (AvgIpc) is 3.09. The third kappa shape index (κ3) is 3.19. The fraction of sp³-hybridized carbons (Fsp3) is 0.385. The molecular weight excluding hydrogens is 289 g/mol. The van der Waals surface area contributed by atoms with Gasteiger partial charge < -0.3 is 10.0 Å². The molecule has 4 nitrogen and oxygen atoms in total. The average molecular weight is 302 g/mol. The van der Waals surface area contributed by atoms with E-state index in [4.69, 9.17) is 23.2 Å². The van der Waals surface area contributed by atoms with Gasteiger partial charge in [0.05, 0.1) is 0 Å². The van der Waals surface area contributed by atoms with Crippen LogP contribution in [0.15, 0.2) is 18.2 Å². The molecule has 6 heteroatoms. The number of benzene rings is 1. The Morgan fingerprint density at radius 1 is 1.26 bits per heavy atom. The number of aliphatic carboxylic acids is 1. The van der Waals surface area contributed by atoms with Crippen molar-refractivity contribution < 1.29 is 14.7 Å². The van der Waals surface area contributed by atoms with Crippen LogP contribution in [0.4, 0.5) is 0 Å². The molecule has 102 valence electrons. The molecule has 1 aromatic rings. The third-order valence-corrected chi connectivity index (χ3v) is 3.53. The minimum atomic E-state index is -1.10. The van der Waals surface area contributed by atoms with Gasteiger partial charge >= 0.3 is 5.97 Å². The molecule has 1 aliphatic rings. The lowest BCUT2D eigenvalue weighted by atomic mass is 10.1. The van der Waals surface area contributed by atoms with Gasteiger partial charge in [-0.3, -0.25) is 4.79 Å². The van der Waals surface area contributed by atoms with E-state index in [-0.39, 0.29) is 11.8 Å². The molecule has 1 amide bonds. The van der Waals surface area contributed by atoms with Crippen molar-refractivity contribution in [3.8, 4) is 0 Å². The van der Waals surface area contributed by atoms with Crippen molar-refractivity contribution in [3.05, 3.63) is 33.8 Å². The first-order valence-corrected chi connectivity index (χ1v) is 6.61. The first-order chi connectivity index (χ1) is 8.90. The maximum atomic E-state index is 12.0. The van der Waals surface area contributed by atoms with Crippen molar-refractivity contribution in [2.75, 3.05) is 7.05 Å². The number of rotatable bonds is 4. The predicted molar refractivity (Wildman–Crippen MR) is 72.3 cm³/mol. The Morgan fingerprint density at radius 3 is 2.21 bits per heavy atom. The standard InChI is InChI=1S/C13H13Cl2NO3/c1-16(12(17)7-2-3-7)11(13(18)19)8-4-9(14)6-10(15)5-8/h4-7,11H,2-3H2,1H3,(H,18,19). The zero-order valence-corrected chi connectivity index (χ0v) is 11.8. The number of amides is 1. The van der Waals surface area contributed by atoms with Crippen molar-refractivity contribution in [3.63, 3.8) is 0 Å². The van der Waals surface area contributed by atoms with Crippen LogP contribution < -0.4 is 0 Å². The summed E-state index contributed by atoms with van der Waals surface area (Å²) in [5.41, 5.74) is 0.404. The number of carboxylic acid groups (broad SMARTS) is 1. The molecule has 1 fully saturated rings. The van der Waals surface area contributed by atoms with Gasteiger partial charge in [0, 0.05) is 23.0 Å². The van der Waals surface area contributed by atoms with E-state index in [0.717, 1.165) is 12.8 Å². The number of carbonyl (C=O) groups is 2. The second kappa shape index (κ2) is 5.39. The maximum absolute atomic E-state index is 12.0. The topological polar surface area (TPSA) is 57.6 Å². The van der Waals surface area contributed by atoms with Gasteiger partial charge in [-0.2, -0.15) is 0 Å². The molecule has 0 aliphatic heterocycles. The molecule has 0 radical (unpaired) electrons. The quantitative estimate of drug-likeness (QED) is 0.930. The lowest BCUT2D eigenvalue weighted by molar-refractivity contribution is -0.149. The molecule has 1 saturated carbocycles. The maximum Gasteiger partial charge on any atom is 0.331 e. The highest BCUT2D eigenvalue weighted by molar-refractivity contribution is 6.34. The van der Waals surface area contributed by atoms with Crippen LogP contribution in [-0.4, -0.2) is 28.9 Å². The highest BCUT2D eigenvalue weighted by Crippen LogP contribution is 2.34. The zero-order valence-electron chi connectivity index (χ0n) is 10.3. The van der Waals surface area contributed by atoms with Crippen molar-refractivity contribution in [1.82, 2.24) is 4.90 Å².